The van der Waals surface area contributed by atoms with Gasteiger partial charge in [-0.05, 0) is 48.4 Å². The molecule has 0 aliphatic rings. The van der Waals surface area contributed by atoms with Crippen molar-refractivity contribution < 1.29 is 13.2 Å². The fraction of sp³-hybridized carbons (Fsp3) is 0.125. The molecule has 21 heavy (non-hydrogen) atoms. The molecule has 2 aromatic carbocycles. The Bertz CT molecular complexity index is 798. The van der Waals surface area contributed by atoms with Gasteiger partial charge in [0.2, 0.25) is 0 Å². The number of rotatable bonds is 3. The van der Waals surface area contributed by atoms with Crippen LogP contribution in [0.15, 0.2) is 46.9 Å². The Morgan fingerprint density at radius 2 is 1.90 bits per heavy atom. The van der Waals surface area contributed by atoms with Crippen molar-refractivity contribution in [1.82, 2.24) is 5.43 Å². The molecule has 3 rings (SSSR count). The fourth-order valence-corrected chi connectivity index (χ4v) is 2.37. The maximum atomic E-state index is 13.4. The van der Waals surface area contributed by atoms with E-state index in [0.717, 1.165) is 5.56 Å². The minimum atomic E-state index is -0.431. The average molecular weight is 288 g/mol. The number of hydrazine groups is 1. The van der Waals surface area contributed by atoms with Crippen molar-refractivity contribution in [2.75, 3.05) is 0 Å². The van der Waals surface area contributed by atoms with Crippen LogP contribution in [0.3, 0.4) is 0 Å². The highest BCUT2D eigenvalue weighted by molar-refractivity contribution is 5.78. The van der Waals surface area contributed by atoms with Gasteiger partial charge in [0.15, 0.2) is 0 Å². The Hall–Kier alpha value is -2.24. The molecule has 1 atom stereocenters. The minimum Gasteiger partial charge on any atom is -0.459 e. The normalized spacial score (nSPS) is 12.8. The highest BCUT2D eigenvalue weighted by Crippen LogP contribution is 2.29. The van der Waals surface area contributed by atoms with Crippen LogP contribution < -0.4 is 11.3 Å². The van der Waals surface area contributed by atoms with Gasteiger partial charge in [-0.15, -0.1) is 0 Å². The molecular weight excluding hydrogens is 274 g/mol. The van der Waals surface area contributed by atoms with Gasteiger partial charge in [-0.1, -0.05) is 12.1 Å². The first-order valence-electron chi connectivity index (χ1n) is 6.49. The zero-order valence-electron chi connectivity index (χ0n) is 11.4. The van der Waals surface area contributed by atoms with E-state index in [2.05, 4.69) is 5.43 Å². The van der Waals surface area contributed by atoms with Gasteiger partial charge >= 0.3 is 0 Å². The first-order chi connectivity index (χ1) is 10.1. The van der Waals surface area contributed by atoms with E-state index in [-0.39, 0.29) is 11.6 Å². The summed E-state index contributed by atoms with van der Waals surface area (Å²) in [6, 6.07) is 10.3. The summed E-state index contributed by atoms with van der Waals surface area (Å²) in [5.41, 5.74) is 4.52. The summed E-state index contributed by atoms with van der Waals surface area (Å²) in [4.78, 5) is 0. The van der Waals surface area contributed by atoms with Crippen LogP contribution >= 0.6 is 0 Å². The molecule has 0 amide bonds. The molecule has 1 unspecified atom stereocenters. The molecule has 108 valence electrons. The highest BCUT2D eigenvalue weighted by Gasteiger charge is 2.18. The van der Waals surface area contributed by atoms with Gasteiger partial charge in [0.05, 0.1) is 0 Å². The van der Waals surface area contributed by atoms with E-state index < -0.39 is 6.04 Å². The van der Waals surface area contributed by atoms with E-state index in [1.165, 1.54) is 18.2 Å². The standard InChI is InChI=1S/C16H14F2N2O/c1-9-6-10(2-4-13(9)18)16(20-19)15-8-11-7-12(17)3-5-14(11)21-15/h2-8,16,20H,19H2,1H3. The summed E-state index contributed by atoms with van der Waals surface area (Å²) in [5.74, 6) is 5.54. The first-order valence-corrected chi connectivity index (χ1v) is 6.49. The van der Waals surface area contributed by atoms with Crippen LogP contribution in [-0.2, 0) is 0 Å². The van der Waals surface area contributed by atoms with Crippen molar-refractivity contribution in [2.24, 2.45) is 5.84 Å². The summed E-state index contributed by atoms with van der Waals surface area (Å²) in [6.07, 6.45) is 0. The number of nitrogens with two attached hydrogens (primary N) is 1. The van der Waals surface area contributed by atoms with Crippen LogP contribution in [0.5, 0.6) is 0 Å². The van der Waals surface area contributed by atoms with Crippen molar-refractivity contribution in [2.45, 2.75) is 13.0 Å². The molecular formula is C16H14F2N2O. The molecule has 0 saturated heterocycles. The lowest BCUT2D eigenvalue weighted by molar-refractivity contribution is 0.476. The molecule has 0 saturated carbocycles. The van der Waals surface area contributed by atoms with Crippen LogP contribution in [0, 0.1) is 18.6 Å². The number of fused-ring (bicyclic) bond motifs is 1. The van der Waals surface area contributed by atoms with Gasteiger partial charge in [0, 0.05) is 5.39 Å². The molecule has 0 spiro atoms. The Balaban J connectivity index is 2.06. The van der Waals surface area contributed by atoms with Crippen LogP contribution in [0.1, 0.15) is 22.9 Å². The van der Waals surface area contributed by atoms with E-state index in [4.69, 9.17) is 10.3 Å². The number of hydrogen-bond donors (Lipinski definition) is 2. The molecule has 0 bridgehead atoms. The zero-order chi connectivity index (χ0) is 15.0. The Kier molecular flexibility index (Phi) is 3.45. The largest absolute Gasteiger partial charge is 0.459 e. The van der Waals surface area contributed by atoms with Crippen molar-refractivity contribution in [3.63, 3.8) is 0 Å². The first kappa shape index (κ1) is 13.7. The monoisotopic (exact) mass is 288 g/mol. The second-order valence-electron chi connectivity index (χ2n) is 4.94. The minimum absolute atomic E-state index is 0.277. The molecule has 0 aliphatic carbocycles. The smallest absolute Gasteiger partial charge is 0.134 e. The van der Waals surface area contributed by atoms with E-state index in [1.807, 2.05) is 0 Å². The molecule has 0 radical (unpaired) electrons. The molecule has 3 aromatic rings. The van der Waals surface area contributed by atoms with Gasteiger partial charge in [-0.2, -0.15) is 0 Å². The third-order valence-corrected chi connectivity index (χ3v) is 3.46. The van der Waals surface area contributed by atoms with Crippen LogP contribution in [0.2, 0.25) is 0 Å². The summed E-state index contributed by atoms with van der Waals surface area (Å²) in [6.45, 7) is 1.68. The van der Waals surface area contributed by atoms with E-state index in [1.54, 1.807) is 31.2 Å². The van der Waals surface area contributed by atoms with E-state index >= 15 is 0 Å². The summed E-state index contributed by atoms with van der Waals surface area (Å²) < 4.78 is 32.3. The fourth-order valence-electron chi connectivity index (χ4n) is 2.37. The summed E-state index contributed by atoms with van der Waals surface area (Å²) in [7, 11) is 0. The Labute approximate surface area is 120 Å². The Morgan fingerprint density at radius 1 is 1.10 bits per heavy atom. The second-order valence-corrected chi connectivity index (χ2v) is 4.94. The predicted octanol–water partition coefficient (Wildman–Crippen LogP) is 3.57. The summed E-state index contributed by atoms with van der Waals surface area (Å²) in [5, 5.41) is 0.657. The van der Waals surface area contributed by atoms with Crippen molar-refractivity contribution in [3.8, 4) is 0 Å². The molecule has 3 N–H and O–H groups in total. The second kappa shape index (κ2) is 5.27. The lowest BCUT2D eigenvalue weighted by Gasteiger charge is -2.14. The third kappa shape index (κ3) is 2.53. The average Bonchev–Trinajstić information content (AvgIpc) is 2.86. The Morgan fingerprint density at radius 3 is 2.62 bits per heavy atom. The highest BCUT2D eigenvalue weighted by atomic mass is 19.1. The van der Waals surface area contributed by atoms with Crippen LogP contribution in [0.4, 0.5) is 8.78 Å². The molecule has 1 aromatic heterocycles. The van der Waals surface area contributed by atoms with Crippen molar-refractivity contribution in [3.05, 3.63) is 71.0 Å². The van der Waals surface area contributed by atoms with Gasteiger partial charge in [0.1, 0.15) is 29.0 Å². The van der Waals surface area contributed by atoms with Crippen LogP contribution in [0.25, 0.3) is 11.0 Å². The van der Waals surface area contributed by atoms with Gasteiger partial charge < -0.3 is 4.42 Å². The number of halogens is 2. The van der Waals surface area contributed by atoms with Gasteiger partial charge in [-0.25, -0.2) is 14.2 Å². The molecule has 0 aliphatic heterocycles. The lowest BCUT2D eigenvalue weighted by atomic mass is 10.0. The SMILES string of the molecule is Cc1cc(C(NN)c2cc3cc(F)ccc3o2)ccc1F. The maximum Gasteiger partial charge on any atom is 0.134 e. The van der Waals surface area contributed by atoms with Crippen molar-refractivity contribution >= 4 is 11.0 Å². The number of nitrogens with one attached hydrogen (secondary N) is 1. The molecule has 3 nitrogen and oxygen atoms in total. The maximum absolute atomic E-state index is 13.4. The topological polar surface area (TPSA) is 51.2 Å². The van der Waals surface area contributed by atoms with Gasteiger partial charge in [0.25, 0.3) is 0 Å². The third-order valence-electron chi connectivity index (χ3n) is 3.46. The van der Waals surface area contributed by atoms with E-state index in [0.29, 0.717) is 22.3 Å². The number of aryl methyl sites for hydroxylation is 1. The molecule has 0 fully saturated rings. The predicted molar refractivity (Wildman–Crippen MR) is 76.5 cm³/mol. The van der Waals surface area contributed by atoms with E-state index in [9.17, 15) is 8.78 Å². The van der Waals surface area contributed by atoms with Crippen molar-refractivity contribution in [1.29, 1.82) is 0 Å². The lowest BCUT2D eigenvalue weighted by Crippen LogP contribution is -2.28. The molecule has 1 heterocycles. The quantitative estimate of drug-likeness (QED) is 0.572. The summed E-state index contributed by atoms with van der Waals surface area (Å²) >= 11 is 0. The number of hydrogen-bond acceptors (Lipinski definition) is 3. The number of furan rings is 1. The number of benzene rings is 2. The van der Waals surface area contributed by atoms with Gasteiger partial charge in [-0.3, -0.25) is 5.84 Å². The zero-order valence-corrected chi connectivity index (χ0v) is 11.4. The van der Waals surface area contributed by atoms with Crippen LogP contribution in [-0.4, -0.2) is 0 Å². The molecule has 5 heteroatoms.